The first-order valence-electron chi connectivity index (χ1n) is 7.69. The first kappa shape index (κ1) is 16.3. The van der Waals surface area contributed by atoms with Gasteiger partial charge in [0, 0.05) is 11.9 Å². The van der Waals surface area contributed by atoms with Gasteiger partial charge in [-0.1, -0.05) is 13.8 Å². The van der Waals surface area contributed by atoms with Gasteiger partial charge in [-0.2, -0.15) is 0 Å². The molecule has 1 N–H and O–H groups in total. The van der Waals surface area contributed by atoms with Crippen LogP contribution in [0.25, 0.3) is 0 Å². The Morgan fingerprint density at radius 3 is 2.71 bits per heavy atom. The fraction of sp³-hybridized carbons (Fsp3) is 0.750. The molecule has 0 saturated heterocycles. The lowest BCUT2D eigenvalue weighted by atomic mass is 9.90. The molecule has 2 rings (SSSR count). The molecule has 1 aromatic heterocycles. The van der Waals surface area contributed by atoms with Crippen LogP contribution in [0.1, 0.15) is 53.2 Å². The van der Waals surface area contributed by atoms with E-state index in [1.54, 1.807) is 11.3 Å². The number of thiazole rings is 1. The average molecular weight is 310 g/mol. The number of nitrogens with zero attached hydrogens (tertiary/aromatic N) is 1. The molecule has 1 aromatic rings. The zero-order chi connectivity index (χ0) is 15.7. The molecule has 0 aliphatic heterocycles. The summed E-state index contributed by atoms with van der Waals surface area (Å²) in [5.74, 6) is 0.475. The maximum atomic E-state index is 12.0. The third-order valence-electron chi connectivity index (χ3n) is 4.64. The normalized spacial score (nSPS) is 16.9. The van der Waals surface area contributed by atoms with Gasteiger partial charge in [0.25, 0.3) is 0 Å². The molecule has 0 aromatic carbocycles. The van der Waals surface area contributed by atoms with Gasteiger partial charge in [0.2, 0.25) is 0 Å². The number of rotatable bonds is 7. The van der Waals surface area contributed by atoms with Gasteiger partial charge in [-0.05, 0) is 44.9 Å². The third-order valence-corrected chi connectivity index (χ3v) is 5.44. The molecule has 0 radical (unpaired) electrons. The minimum atomic E-state index is -0.693. The van der Waals surface area contributed by atoms with E-state index in [9.17, 15) is 4.79 Å². The average Bonchev–Trinajstić information content (AvgIpc) is 3.07. The third kappa shape index (κ3) is 3.39. The van der Waals surface area contributed by atoms with Crippen molar-refractivity contribution in [2.24, 2.45) is 11.3 Å². The van der Waals surface area contributed by atoms with E-state index >= 15 is 0 Å². The minimum Gasteiger partial charge on any atom is -0.465 e. The van der Waals surface area contributed by atoms with Crippen LogP contribution in [0.15, 0.2) is 5.38 Å². The van der Waals surface area contributed by atoms with Gasteiger partial charge in [-0.25, -0.2) is 4.98 Å². The van der Waals surface area contributed by atoms with Crippen LogP contribution in [0.3, 0.4) is 0 Å². The van der Waals surface area contributed by atoms with Crippen molar-refractivity contribution in [2.75, 3.05) is 18.5 Å². The van der Waals surface area contributed by atoms with Crippen LogP contribution < -0.4 is 5.32 Å². The summed E-state index contributed by atoms with van der Waals surface area (Å²) in [5.41, 5.74) is 0.535. The predicted molar refractivity (Wildman–Crippen MR) is 86.8 cm³/mol. The predicted octanol–water partition coefficient (Wildman–Crippen LogP) is 3.83. The molecule has 0 unspecified atom stereocenters. The fourth-order valence-corrected chi connectivity index (χ4v) is 3.31. The van der Waals surface area contributed by atoms with Gasteiger partial charge in [-0.15, -0.1) is 11.3 Å². The Bertz CT molecular complexity index is 504. The van der Waals surface area contributed by atoms with Crippen LogP contribution in [0.4, 0.5) is 5.13 Å². The molecular formula is C16H26N2O2S. The summed E-state index contributed by atoms with van der Waals surface area (Å²) in [6.45, 7) is 11.5. The summed E-state index contributed by atoms with van der Waals surface area (Å²) < 4.78 is 5.13. The van der Waals surface area contributed by atoms with E-state index in [4.69, 9.17) is 4.74 Å². The summed E-state index contributed by atoms with van der Waals surface area (Å²) in [6.07, 6.45) is 2.59. The Balaban J connectivity index is 2.00. The van der Waals surface area contributed by atoms with Gasteiger partial charge in [0.1, 0.15) is 5.41 Å². The lowest BCUT2D eigenvalue weighted by molar-refractivity contribution is -0.148. The molecule has 4 nitrogen and oxygen atoms in total. The highest BCUT2D eigenvalue weighted by Crippen LogP contribution is 2.51. The molecule has 0 bridgehead atoms. The van der Waals surface area contributed by atoms with E-state index in [2.05, 4.69) is 24.1 Å². The molecule has 1 saturated carbocycles. The number of anilines is 1. The first-order valence-corrected chi connectivity index (χ1v) is 8.57. The molecule has 5 heteroatoms. The number of hydrogen-bond acceptors (Lipinski definition) is 5. The quantitative estimate of drug-likeness (QED) is 0.778. The molecule has 1 aliphatic carbocycles. The van der Waals surface area contributed by atoms with E-state index < -0.39 is 5.41 Å². The lowest BCUT2D eigenvalue weighted by Crippen LogP contribution is -2.31. The van der Waals surface area contributed by atoms with Crippen LogP contribution in [-0.4, -0.2) is 24.1 Å². The van der Waals surface area contributed by atoms with Gasteiger partial charge >= 0.3 is 5.97 Å². The van der Waals surface area contributed by atoms with Gasteiger partial charge in [-0.3, -0.25) is 4.79 Å². The highest BCUT2D eigenvalue weighted by molar-refractivity contribution is 7.13. The number of carbonyl (C=O) groups excluding carboxylic acids is 1. The summed E-state index contributed by atoms with van der Waals surface area (Å²) in [5, 5.41) is 6.30. The van der Waals surface area contributed by atoms with Crippen LogP contribution >= 0.6 is 11.3 Å². The summed E-state index contributed by atoms with van der Waals surface area (Å²) >= 11 is 1.56. The smallest absolute Gasteiger partial charge is 0.317 e. The molecule has 21 heavy (non-hydrogen) atoms. The van der Waals surface area contributed by atoms with E-state index in [1.807, 2.05) is 26.2 Å². The highest BCUT2D eigenvalue weighted by atomic mass is 32.1. The second kappa shape index (κ2) is 5.95. The van der Waals surface area contributed by atoms with Crippen molar-refractivity contribution in [2.45, 2.75) is 52.9 Å². The summed E-state index contributed by atoms with van der Waals surface area (Å²) in [4.78, 5) is 16.6. The van der Waals surface area contributed by atoms with Crippen molar-refractivity contribution >= 4 is 22.4 Å². The number of esters is 1. The number of carbonyl (C=O) groups is 1. The highest BCUT2D eigenvalue weighted by Gasteiger charge is 2.45. The standard InChI is InChI=1S/C16H26N2O2S/c1-6-20-13(19)15(4,5)12-9-21-14(18-12)17-10-16(7-8-16)11(2)3/h9,11H,6-8,10H2,1-5H3,(H,17,18). The summed E-state index contributed by atoms with van der Waals surface area (Å²) in [7, 11) is 0. The SMILES string of the molecule is CCOC(=O)C(C)(C)c1csc(NCC2(C(C)C)CC2)n1. The van der Waals surface area contributed by atoms with E-state index in [-0.39, 0.29) is 5.97 Å². The summed E-state index contributed by atoms with van der Waals surface area (Å²) in [6, 6.07) is 0. The van der Waals surface area contributed by atoms with Crippen molar-refractivity contribution in [1.82, 2.24) is 4.98 Å². The number of hydrogen-bond donors (Lipinski definition) is 1. The van der Waals surface area contributed by atoms with Crippen molar-refractivity contribution in [3.8, 4) is 0 Å². The fourth-order valence-electron chi connectivity index (χ4n) is 2.43. The largest absolute Gasteiger partial charge is 0.465 e. The Kier molecular flexibility index (Phi) is 4.61. The van der Waals surface area contributed by atoms with Crippen LogP contribution in [0, 0.1) is 11.3 Å². The maximum absolute atomic E-state index is 12.0. The number of nitrogens with one attached hydrogen (secondary N) is 1. The zero-order valence-corrected chi connectivity index (χ0v) is 14.5. The number of ether oxygens (including phenoxy) is 1. The maximum Gasteiger partial charge on any atom is 0.317 e. The Morgan fingerprint density at radius 1 is 1.52 bits per heavy atom. The molecular weight excluding hydrogens is 284 g/mol. The Morgan fingerprint density at radius 2 is 2.19 bits per heavy atom. The zero-order valence-electron chi connectivity index (χ0n) is 13.7. The van der Waals surface area contributed by atoms with E-state index in [0.29, 0.717) is 17.9 Å². The topological polar surface area (TPSA) is 51.2 Å². The van der Waals surface area contributed by atoms with Gasteiger partial charge in [0.15, 0.2) is 5.13 Å². The van der Waals surface area contributed by atoms with E-state index in [1.165, 1.54) is 12.8 Å². The van der Waals surface area contributed by atoms with Crippen molar-refractivity contribution < 1.29 is 9.53 Å². The van der Waals surface area contributed by atoms with Crippen LogP contribution in [-0.2, 0) is 14.9 Å². The second-order valence-corrected chi connectivity index (χ2v) is 7.61. The lowest BCUT2D eigenvalue weighted by Gasteiger charge is -2.20. The number of aromatic nitrogens is 1. The van der Waals surface area contributed by atoms with Gasteiger partial charge in [0.05, 0.1) is 12.3 Å². The molecule has 1 fully saturated rings. The van der Waals surface area contributed by atoms with Gasteiger partial charge < -0.3 is 10.1 Å². The Labute approximate surface area is 131 Å². The van der Waals surface area contributed by atoms with Crippen LogP contribution in [0.2, 0.25) is 0 Å². The molecule has 118 valence electrons. The first-order chi connectivity index (χ1) is 9.82. The molecule has 1 aliphatic rings. The molecule has 1 heterocycles. The van der Waals surface area contributed by atoms with E-state index in [0.717, 1.165) is 17.4 Å². The minimum absolute atomic E-state index is 0.220. The molecule has 0 amide bonds. The monoisotopic (exact) mass is 310 g/mol. The second-order valence-electron chi connectivity index (χ2n) is 6.75. The Hall–Kier alpha value is -1.10. The molecule has 0 atom stereocenters. The van der Waals surface area contributed by atoms with Crippen molar-refractivity contribution in [3.05, 3.63) is 11.1 Å². The molecule has 0 spiro atoms. The van der Waals surface area contributed by atoms with Crippen molar-refractivity contribution in [3.63, 3.8) is 0 Å². The van der Waals surface area contributed by atoms with Crippen LogP contribution in [0.5, 0.6) is 0 Å². The van der Waals surface area contributed by atoms with Crippen molar-refractivity contribution in [1.29, 1.82) is 0 Å².